The highest BCUT2D eigenvalue weighted by Gasteiger charge is 2.29. The van der Waals surface area contributed by atoms with E-state index in [1.165, 1.54) is 6.42 Å². The van der Waals surface area contributed by atoms with Crippen LogP contribution >= 0.6 is 0 Å². The fraction of sp³-hybridized carbons (Fsp3) is 1.00. The maximum absolute atomic E-state index is 10.0. The van der Waals surface area contributed by atoms with Crippen LogP contribution in [0, 0.1) is 11.8 Å². The molecule has 1 aliphatic rings. The van der Waals surface area contributed by atoms with Crippen LogP contribution in [0.25, 0.3) is 0 Å². The van der Waals surface area contributed by atoms with Crippen molar-refractivity contribution in [3.63, 3.8) is 0 Å². The van der Waals surface area contributed by atoms with E-state index in [0.29, 0.717) is 12.6 Å². The van der Waals surface area contributed by atoms with Crippen molar-refractivity contribution in [2.75, 3.05) is 26.3 Å². The van der Waals surface area contributed by atoms with E-state index in [2.05, 4.69) is 32.6 Å². The zero-order chi connectivity index (χ0) is 13.5. The molecule has 0 amide bonds. The van der Waals surface area contributed by atoms with Crippen molar-refractivity contribution in [1.29, 1.82) is 0 Å². The van der Waals surface area contributed by atoms with Crippen molar-refractivity contribution >= 4 is 0 Å². The first-order chi connectivity index (χ1) is 8.54. The topological polar surface area (TPSA) is 32.7 Å². The lowest BCUT2D eigenvalue weighted by molar-refractivity contribution is -0.0119. The van der Waals surface area contributed by atoms with E-state index < -0.39 is 0 Å². The van der Waals surface area contributed by atoms with Gasteiger partial charge in [0.2, 0.25) is 0 Å². The molecule has 0 radical (unpaired) electrons. The Labute approximate surface area is 113 Å². The van der Waals surface area contributed by atoms with Crippen LogP contribution in [0.3, 0.4) is 0 Å². The summed E-state index contributed by atoms with van der Waals surface area (Å²) in [5.41, 5.74) is 0. The van der Waals surface area contributed by atoms with Crippen molar-refractivity contribution in [3.05, 3.63) is 0 Å². The number of ether oxygens (including phenoxy) is 1. The van der Waals surface area contributed by atoms with E-state index >= 15 is 0 Å². The molecule has 18 heavy (non-hydrogen) atoms. The summed E-state index contributed by atoms with van der Waals surface area (Å²) in [7, 11) is 0. The number of hydrogen-bond donors (Lipinski definition) is 1. The summed E-state index contributed by atoms with van der Waals surface area (Å²) in [4.78, 5) is 2.42. The lowest BCUT2D eigenvalue weighted by Crippen LogP contribution is -2.49. The third-order valence-corrected chi connectivity index (χ3v) is 4.12. The van der Waals surface area contributed by atoms with Gasteiger partial charge in [0.15, 0.2) is 0 Å². The predicted octanol–water partition coefficient (Wildman–Crippen LogP) is 2.53. The maximum atomic E-state index is 10.0. The first-order valence-electron chi connectivity index (χ1n) is 7.54. The van der Waals surface area contributed by atoms with Crippen molar-refractivity contribution in [2.45, 2.75) is 59.1 Å². The number of unbranched alkanes of at least 4 members (excludes halogenated alkanes) is 1. The molecular formula is C15H31NO2. The lowest BCUT2D eigenvalue weighted by atomic mass is 9.86. The van der Waals surface area contributed by atoms with Crippen molar-refractivity contribution in [3.8, 4) is 0 Å². The Hall–Kier alpha value is -0.120. The Balaban J connectivity index is 2.26. The van der Waals surface area contributed by atoms with Gasteiger partial charge in [-0.2, -0.15) is 0 Å². The largest absolute Gasteiger partial charge is 0.389 e. The number of aliphatic hydroxyl groups is 1. The summed E-state index contributed by atoms with van der Waals surface area (Å²) in [5.74, 6) is 1.46. The molecule has 1 saturated heterocycles. The summed E-state index contributed by atoms with van der Waals surface area (Å²) in [5, 5.41) is 10.0. The smallest absolute Gasteiger partial charge is 0.0900 e. The van der Waals surface area contributed by atoms with E-state index in [1.807, 2.05) is 0 Å². The van der Waals surface area contributed by atoms with E-state index in [-0.39, 0.29) is 6.10 Å². The molecule has 0 aromatic heterocycles. The molecule has 0 spiro atoms. The Kier molecular flexibility index (Phi) is 7.20. The molecule has 1 aliphatic heterocycles. The summed E-state index contributed by atoms with van der Waals surface area (Å²) < 4.78 is 5.49. The molecule has 3 nitrogen and oxygen atoms in total. The van der Waals surface area contributed by atoms with Gasteiger partial charge in [0.25, 0.3) is 0 Å². The van der Waals surface area contributed by atoms with Crippen LogP contribution in [0.15, 0.2) is 0 Å². The van der Waals surface area contributed by atoms with Gasteiger partial charge in [-0.25, -0.2) is 0 Å². The molecule has 4 unspecified atom stereocenters. The quantitative estimate of drug-likeness (QED) is 0.711. The van der Waals surface area contributed by atoms with Gasteiger partial charge in [-0.3, -0.25) is 4.90 Å². The van der Waals surface area contributed by atoms with Gasteiger partial charge in [-0.1, -0.05) is 27.2 Å². The molecule has 0 saturated carbocycles. The van der Waals surface area contributed by atoms with E-state index in [0.717, 1.165) is 44.4 Å². The SMILES string of the molecule is CCCCOCC(O)CN1CC(C)CC(C)C1C. The molecule has 0 bridgehead atoms. The fourth-order valence-electron chi connectivity index (χ4n) is 2.86. The molecule has 1 N–H and O–H groups in total. The highest BCUT2D eigenvalue weighted by Crippen LogP contribution is 2.26. The van der Waals surface area contributed by atoms with Crippen LogP contribution in [0.5, 0.6) is 0 Å². The number of β-amino-alcohol motifs (C(OH)–C–C–N with tert-alkyl or cyclic N) is 1. The minimum Gasteiger partial charge on any atom is -0.389 e. The van der Waals surface area contributed by atoms with Gasteiger partial charge < -0.3 is 9.84 Å². The Bertz CT molecular complexity index is 223. The molecular weight excluding hydrogens is 226 g/mol. The maximum Gasteiger partial charge on any atom is 0.0900 e. The predicted molar refractivity (Wildman–Crippen MR) is 75.7 cm³/mol. The van der Waals surface area contributed by atoms with Crippen LogP contribution in [0.2, 0.25) is 0 Å². The van der Waals surface area contributed by atoms with Crippen molar-refractivity contribution < 1.29 is 9.84 Å². The summed E-state index contributed by atoms with van der Waals surface area (Å²) in [6.45, 7) is 12.2. The fourth-order valence-corrected chi connectivity index (χ4v) is 2.86. The lowest BCUT2D eigenvalue weighted by Gasteiger charge is -2.41. The minimum atomic E-state index is -0.346. The number of rotatable bonds is 7. The molecule has 108 valence electrons. The Morgan fingerprint density at radius 3 is 2.72 bits per heavy atom. The van der Waals surface area contributed by atoms with Gasteiger partial charge >= 0.3 is 0 Å². The van der Waals surface area contributed by atoms with Gasteiger partial charge in [-0.05, 0) is 31.6 Å². The van der Waals surface area contributed by atoms with Crippen molar-refractivity contribution in [2.24, 2.45) is 11.8 Å². The monoisotopic (exact) mass is 257 g/mol. The van der Waals surface area contributed by atoms with Gasteiger partial charge in [0.1, 0.15) is 0 Å². The van der Waals surface area contributed by atoms with E-state index in [9.17, 15) is 5.11 Å². The average Bonchev–Trinajstić information content (AvgIpc) is 2.31. The van der Waals surface area contributed by atoms with Crippen LogP contribution in [-0.4, -0.2) is 48.5 Å². The summed E-state index contributed by atoms with van der Waals surface area (Å²) >= 11 is 0. The standard InChI is InChI=1S/C15H31NO2/c1-5-6-7-18-11-15(17)10-16-9-12(2)8-13(3)14(16)4/h12-15,17H,5-11H2,1-4H3. The average molecular weight is 257 g/mol. The first-order valence-corrected chi connectivity index (χ1v) is 7.54. The van der Waals surface area contributed by atoms with E-state index in [4.69, 9.17) is 4.74 Å². The third kappa shape index (κ3) is 5.25. The number of piperidine rings is 1. The van der Waals surface area contributed by atoms with Gasteiger partial charge in [0.05, 0.1) is 12.7 Å². The third-order valence-electron chi connectivity index (χ3n) is 4.12. The van der Waals surface area contributed by atoms with Crippen LogP contribution in [0.4, 0.5) is 0 Å². The second-order valence-corrected chi connectivity index (χ2v) is 6.09. The van der Waals surface area contributed by atoms with Gasteiger partial charge in [-0.15, -0.1) is 0 Å². The molecule has 3 heteroatoms. The first kappa shape index (κ1) is 15.9. The molecule has 0 aromatic rings. The Morgan fingerprint density at radius 1 is 1.33 bits per heavy atom. The molecule has 4 atom stereocenters. The number of nitrogens with zero attached hydrogens (tertiary/aromatic N) is 1. The zero-order valence-corrected chi connectivity index (χ0v) is 12.6. The van der Waals surface area contributed by atoms with Crippen LogP contribution in [-0.2, 0) is 4.74 Å². The molecule has 1 heterocycles. The normalized spacial score (nSPS) is 31.5. The zero-order valence-electron chi connectivity index (χ0n) is 12.6. The summed E-state index contributed by atoms with van der Waals surface area (Å²) in [6, 6.07) is 0.575. The second kappa shape index (κ2) is 8.13. The highest BCUT2D eigenvalue weighted by atomic mass is 16.5. The molecule has 0 aliphatic carbocycles. The highest BCUT2D eigenvalue weighted by molar-refractivity contribution is 4.83. The number of likely N-dealkylation sites (tertiary alicyclic amines) is 1. The van der Waals surface area contributed by atoms with Crippen LogP contribution < -0.4 is 0 Å². The summed E-state index contributed by atoms with van der Waals surface area (Å²) in [6.07, 6.45) is 3.19. The van der Waals surface area contributed by atoms with Crippen molar-refractivity contribution in [1.82, 2.24) is 4.90 Å². The van der Waals surface area contributed by atoms with E-state index in [1.54, 1.807) is 0 Å². The number of aliphatic hydroxyl groups excluding tert-OH is 1. The number of hydrogen-bond acceptors (Lipinski definition) is 3. The Morgan fingerprint density at radius 2 is 2.06 bits per heavy atom. The minimum absolute atomic E-state index is 0.346. The molecule has 1 fully saturated rings. The molecule has 1 rings (SSSR count). The van der Waals surface area contributed by atoms with Gasteiger partial charge in [0, 0.05) is 25.7 Å². The second-order valence-electron chi connectivity index (χ2n) is 6.09. The molecule has 0 aromatic carbocycles. The van der Waals surface area contributed by atoms with Crippen LogP contribution in [0.1, 0.15) is 47.0 Å².